The van der Waals surface area contributed by atoms with Gasteiger partial charge in [0.2, 0.25) is 0 Å². The number of rotatable bonds is 5. The van der Waals surface area contributed by atoms with Crippen molar-refractivity contribution in [3.05, 3.63) is 38.9 Å². The lowest BCUT2D eigenvalue weighted by Gasteiger charge is -2.06. The molecule has 0 fully saturated rings. The lowest BCUT2D eigenvalue weighted by Crippen LogP contribution is -2.11. The van der Waals surface area contributed by atoms with E-state index in [0.717, 1.165) is 10.9 Å². The zero-order valence-corrected chi connectivity index (χ0v) is 11.7. The molecule has 2 aromatic heterocycles. The molecule has 7 heteroatoms. The molecule has 2 N–H and O–H groups in total. The molecule has 0 spiro atoms. The Labute approximate surface area is 116 Å². The number of halogens is 1. The summed E-state index contributed by atoms with van der Waals surface area (Å²) in [6.45, 7) is 0.629. The van der Waals surface area contributed by atoms with E-state index >= 15 is 0 Å². The fraction of sp³-hybridized carbons (Fsp3) is 0.182. The molecule has 0 bridgehead atoms. The Kier molecular flexibility index (Phi) is 4.27. The molecule has 0 aliphatic rings. The van der Waals surface area contributed by atoms with Gasteiger partial charge in [-0.3, -0.25) is 0 Å². The maximum Gasteiger partial charge on any atom is 0.341 e. The SMILES string of the molecule is O=C(O)c1cncnc1NCCc1cc(Br)cs1. The Morgan fingerprint density at radius 1 is 1.56 bits per heavy atom. The van der Waals surface area contributed by atoms with Crippen LogP contribution in [0.1, 0.15) is 15.2 Å². The van der Waals surface area contributed by atoms with Crippen molar-refractivity contribution < 1.29 is 9.90 Å². The lowest BCUT2D eigenvalue weighted by molar-refractivity contribution is 0.0697. The Bertz CT molecular complexity index is 559. The van der Waals surface area contributed by atoms with E-state index in [1.807, 2.05) is 11.4 Å². The first-order valence-corrected chi connectivity index (χ1v) is 6.84. The number of nitrogens with one attached hydrogen (secondary N) is 1. The zero-order valence-electron chi connectivity index (χ0n) is 9.26. The van der Waals surface area contributed by atoms with Crippen LogP contribution in [0.15, 0.2) is 28.4 Å². The largest absolute Gasteiger partial charge is 0.477 e. The Morgan fingerprint density at radius 3 is 3.06 bits per heavy atom. The van der Waals surface area contributed by atoms with Crippen LogP contribution in [0.25, 0.3) is 0 Å². The van der Waals surface area contributed by atoms with Gasteiger partial charge in [-0.2, -0.15) is 0 Å². The van der Waals surface area contributed by atoms with Gasteiger partial charge in [-0.15, -0.1) is 11.3 Å². The summed E-state index contributed by atoms with van der Waals surface area (Å²) >= 11 is 5.05. The second kappa shape index (κ2) is 5.92. The van der Waals surface area contributed by atoms with Gasteiger partial charge >= 0.3 is 5.97 Å². The highest BCUT2D eigenvalue weighted by atomic mass is 79.9. The van der Waals surface area contributed by atoms with E-state index in [-0.39, 0.29) is 5.56 Å². The van der Waals surface area contributed by atoms with Gasteiger partial charge in [0.1, 0.15) is 17.7 Å². The van der Waals surface area contributed by atoms with Gasteiger partial charge in [0, 0.05) is 27.5 Å². The molecule has 2 heterocycles. The van der Waals surface area contributed by atoms with E-state index in [2.05, 4.69) is 31.2 Å². The van der Waals surface area contributed by atoms with Crippen molar-refractivity contribution >= 4 is 39.1 Å². The fourth-order valence-corrected chi connectivity index (χ4v) is 2.87. The predicted molar refractivity (Wildman–Crippen MR) is 73.2 cm³/mol. The highest BCUT2D eigenvalue weighted by Crippen LogP contribution is 2.20. The molecule has 0 aliphatic carbocycles. The number of aromatic carboxylic acids is 1. The summed E-state index contributed by atoms with van der Waals surface area (Å²) in [6, 6.07) is 2.05. The molecule has 2 rings (SSSR count). The first-order chi connectivity index (χ1) is 8.66. The average Bonchev–Trinajstić information content (AvgIpc) is 2.75. The monoisotopic (exact) mass is 327 g/mol. The fourth-order valence-electron chi connectivity index (χ4n) is 1.42. The van der Waals surface area contributed by atoms with E-state index < -0.39 is 5.97 Å². The number of hydrogen-bond donors (Lipinski definition) is 2. The minimum absolute atomic E-state index is 0.0878. The normalized spacial score (nSPS) is 10.3. The van der Waals surface area contributed by atoms with Crippen LogP contribution < -0.4 is 5.32 Å². The molecule has 0 radical (unpaired) electrons. The van der Waals surface area contributed by atoms with Crippen LogP contribution in [-0.2, 0) is 6.42 Å². The second-order valence-electron chi connectivity index (χ2n) is 3.50. The minimum Gasteiger partial charge on any atom is -0.477 e. The summed E-state index contributed by atoms with van der Waals surface area (Å²) in [7, 11) is 0. The highest BCUT2D eigenvalue weighted by Gasteiger charge is 2.10. The number of nitrogens with zero attached hydrogens (tertiary/aromatic N) is 2. The summed E-state index contributed by atoms with van der Waals surface area (Å²) in [5.74, 6) is -0.676. The maximum atomic E-state index is 10.9. The van der Waals surface area contributed by atoms with E-state index in [4.69, 9.17) is 5.11 Å². The third kappa shape index (κ3) is 3.27. The standard InChI is InChI=1S/C11H10BrN3O2S/c12-7-3-8(18-5-7)1-2-14-10-9(11(16)17)4-13-6-15-10/h3-6H,1-2H2,(H,16,17)(H,13,14,15). The van der Waals surface area contributed by atoms with Gasteiger partial charge in [-0.05, 0) is 28.4 Å². The predicted octanol–water partition coefficient (Wildman–Crippen LogP) is 2.65. The summed E-state index contributed by atoms with van der Waals surface area (Å²) in [4.78, 5) is 19.8. The molecule has 0 aliphatic heterocycles. The molecule has 18 heavy (non-hydrogen) atoms. The summed E-state index contributed by atoms with van der Waals surface area (Å²) in [5, 5.41) is 14.0. The first-order valence-electron chi connectivity index (χ1n) is 5.17. The van der Waals surface area contributed by atoms with Crippen molar-refractivity contribution in [3.63, 3.8) is 0 Å². The minimum atomic E-state index is -1.03. The number of carbonyl (C=O) groups is 1. The van der Waals surface area contributed by atoms with Crippen LogP contribution in [0.4, 0.5) is 5.82 Å². The number of carboxylic acid groups (broad SMARTS) is 1. The molecule has 0 atom stereocenters. The Balaban J connectivity index is 1.96. The molecule has 0 saturated carbocycles. The average molecular weight is 328 g/mol. The number of aromatic nitrogens is 2. The topological polar surface area (TPSA) is 75.1 Å². The molecule has 0 aromatic carbocycles. The first kappa shape index (κ1) is 13.0. The number of thiophene rings is 1. The molecule has 2 aromatic rings. The van der Waals surface area contributed by atoms with Crippen LogP contribution in [0.3, 0.4) is 0 Å². The highest BCUT2D eigenvalue weighted by molar-refractivity contribution is 9.10. The van der Waals surface area contributed by atoms with Crippen LogP contribution >= 0.6 is 27.3 Å². The Hall–Kier alpha value is -1.47. The van der Waals surface area contributed by atoms with Crippen molar-refractivity contribution in [2.75, 3.05) is 11.9 Å². The van der Waals surface area contributed by atoms with Crippen molar-refractivity contribution in [1.29, 1.82) is 0 Å². The van der Waals surface area contributed by atoms with Gasteiger partial charge in [-0.1, -0.05) is 0 Å². The lowest BCUT2D eigenvalue weighted by atomic mass is 10.3. The van der Waals surface area contributed by atoms with E-state index in [1.54, 1.807) is 11.3 Å². The van der Waals surface area contributed by atoms with Gasteiger partial charge in [0.05, 0.1) is 0 Å². The van der Waals surface area contributed by atoms with Gasteiger partial charge < -0.3 is 10.4 Å². The summed E-state index contributed by atoms with van der Waals surface area (Å²) in [6.07, 6.45) is 3.44. The molecule has 0 amide bonds. The van der Waals surface area contributed by atoms with E-state index in [9.17, 15) is 4.79 Å². The van der Waals surface area contributed by atoms with Crippen LogP contribution in [0.2, 0.25) is 0 Å². The summed E-state index contributed by atoms with van der Waals surface area (Å²) < 4.78 is 1.07. The molecule has 5 nitrogen and oxygen atoms in total. The molecular weight excluding hydrogens is 318 g/mol. The van der Waals surface area contributed by atoms with Crippen molar-refractivity contribution in [3.8, 4) is 0 Å². The summed E-state index contributed by atoms with van der Waals surface area (Å²) in [5.41, 5.74) is 0.0878. The quantitative estimate of drug-likeness (QED) is 0.883. The van der Waals surface area contributed by atoms with Gasteiger partial charge in [-0.25, -0.2) is 14.8 Å². The van der Waals surface area contributed by atoms with Crippen molar-refractivity contribution in [1.82, 2.24) is 9.97 Å². The number of anilines is 1. The van der Waals surface area contributed by atoms with Crippen molar-refractivity contribution in [2.24, 2.45) is 0 Å². The smallest absolute Gasteiger partial charge is 0.341 e. The van der Waals surface area contributed by atoms with Crippen LogP contribution in [0, 0.1) is 0 Å². The van der Waals surface area contributed by atoms with E-state index in [1.165, 1.54) is 17.4 Å². The van der Waals surface area contributed by atoms with E-state index in [0.29, 0.717) is 12.4 Å². The second-order valence-corrected chi connectivity index (χ2v) is 5.41. The number of carboxylic acids is 1. The zero-order chi connectivity index (χ0) is 13.0. The van der Waals surface area contributed by atoms with Gasteiger partial charge in [0.25, 0.3) is 0 Å². The van der Waals surface area contributed by atoms with Crippen molar-refractivity contribution in [2.45, 2.75) is 6.42 Å². The molecular formula is C11H10BrN3O2S. The maximum absolute atomic E-state index is 10.9. The number of hydrogen-bond acceptors (Lipinski definition) is 5. The Morgan fingerprint density at radius 2 is 2.39 bits per heavy atom. The molecule has 0 unspecified atom stereocenters. The van der Waals surface area contributed by atoms with Crippen LogP contribution in [0.5, 0.6) is 0 Å². The van der Waals surface area contributed by atoms with Crippen LogP contribution in [-0.4, -0.2) is 27.6 Å². The van der Waals surface area contributed by atoms with Gasteiger partial charge in [0.15, 0.2) is 0 Å². The molecule has 0 saturated heterocycles. The third-order valence-electron chi connectivity index (χ3n) is 2.23. The molecule has 94 valence electrons. The third-order valence-corrected chi connectivity index (χ3v) is 3.99.